The van der Waals surface area contributed by atoms with Crippen molar-refractivity contribution in [3.8, 4) is 0 Å². The topological polar surface area (TPSA) is 113 Å². The molecule has 2 aliphatic rings. The van der Waals surface area contributed by atoms with Crippen molar-refractivity contribution in [1.29, 1.82) is 0 Å². The Morgan fingerprint density at radius 1 is 0.895 bits per heavy atom. The summed E-state index contributed by atoms with van der Waals surface area (Å²) in [7, 11) is 3.42. The molecule has 0 radical (unpaired) electrons. The molecule has 3 heterocycles. The van der Waals surface area contributed by atoms with Gasteiger partial charge in [0.2, 0.25) is 16.1 Å². The van der Waals surface area contributed by atoms with E-state index >= 15 is 0 Å². The van der Waals surface area contributed by atoms with Crippen molar-refractivity contribution < 1.29 is 9.72 Å². The normalized spacial score (nSPS) is 22.5. The molecule has 38 heavy (non-hydrogen) atoms. The summed E-state index contributed by atoms with van der Waals surface area (Å²) in [6.07, 6.45) is 1.68. The number of nitro benzene ring substituents is 1. The molecular formula is C27H22N6O4S. The van der Waals surface area contributed by atoms with Crippen LogP contribution in [0.3, 0.4) is 0 Å². The van der Waals surface area contributed by atoms with Crippen molar-refractivity contribution >= 4 is 29.1 Å². The Morgan fingerprint density at radius 3 is 2.11 bits per heavy atom. The number of likely N-dealkylation sites (N-methyl/N-ethyl adjacent to an activating group) is 2. The molecular weight excluding hydrogens is 504 g/mol. The quantitative estimate of drug-likeness (QED) is 0.324. The monoisotopic (exact) mass is 526 g/mol. The van der Waals surface area contributed by atoms with Crippen LogP contribution in [0.4, 0.5) is 10.5 Å². The molecule has 0 unspecified atom stereocenters. The first-order valence-corrected chi connectivity index (χ1v) is 12.6. The molecule has 1 saturated heterocycles. The molecule has 0 bridgehead atoms. The van der Waals surface area contributed by atoms with Crippen LogP contribution >= 0.6 is 11.3 Å². The van der Waals surface area contributed by atoms with Gasteiger partial charge in [0, 0.05) is 37.4 Å². The highest BCUT2D eigenvalue weighted by molar-refractivity contribution is 7.07. The van der Waals surface area contributed by atoms with E-state index in [9.17, 15) is 19.7 Å². The highest BCUT2D eigenvalue weighted by Gasteiger charge is 2.69. The first-order valence-electron chi connectivity index (χ1n) is 11.8. The van der Waals surface area contributed by atoms with E-state index in [4.69, 9.17) is 4.99 Å². The van der Waals surface area contributed by atoms with Crippen LogP contribution in [0.2, 0.25) is 0 Å². The summed E-state index contributed by atoms with van der Waals surface area (Å²) in [5.74, 6) is 0. The first kappa shape index (κ1) is 23.6. The third kappa shape index (κ3) is 3.08. The van der Waals surface area contributed by atoms with E-state index in [2.05, 4.69) is 5.43 Å². The van der Waals surface area contributed by atoms with Gasteiger partial charge in [0.1, 0.15) is 0 Å². The van der Waals surface area contributed by atoms with E-state index < -0.39 is 16.2 Å². The average molecular weight is 527 g/mol. The van der Waals surface area contributed by atoms with Gasteiger partial charge in [0.05, 0.1) is 9.46 Å². The van der Waals surface area contributed by atoms with Gasteiger partial charge in [-0.05, 0) is 23.8 Å². The number of urea groups is 1. The van der Waals surface area contributed by atoms with Gasteiger partial charge in [0.15, 0.2) is 0 Å². The van der Waals surface area contributed by atoms with Gasteiger partial charge in [-0.25, -0.2) is 9.79 Å². The van der Waals surface area contributed by atoms with Gasteiger partial charge in [-0.3, -0.25) is 30.1 Å². The predicted molar refractivity (Wildman–Crippen MR) is 143 cm³/mol. The number of hydrogen-bond acceptors (Lipinski definition) is 7. The van der Waals surface area contributed by atoms with Crippen LogP contribution < -0.4 is 20.3 Å². The third-order valence-corrected chi connectivity index (χ3v) is 8.14. The minimum absolute atomic E-state index is 0.0285. The molecule has 2 aliphatic heterocycles. The minimum atomic E-state index is -1.25. The Balaban J connectivity index is 1.65. The molecule has 11 heteroatoms. The molecule has 6 rings (SSSR count). The molecule has 10 nitrogen and oxygen atoms in total. The Hall–Kier alpha value is -4.77. The zero-order valence-electron chi connectivity index (χ0n) is 20.4. The Bertz CT molecular complexity index is 1750. The van der Waals surface area contributed by atoms with E-state index in [1.54, 1.807) is 42.1 Å². The van der Waals surface area contributed by atoms with E-state index in [1.165, 1.54) is 28.1 Å². The zero-order chi connectivity index (χ0) is 26.7. The molecule has 0 aliphatic carbocycles. The molecule has 1 aromatic heterocycles. The fourth-order valence-corrected chi connectivity index (χ4v) is 6.33. The van der Waals surface area contributed by atoms with Crippen LogP contribution in [0, 0.1) is 10.1 Å². The second kappa shape index (κ2) is 8.38. The first-order chi connectivity index (χ1) is 18.3. The van der Waals surface area contributed by atoms with Crippen molar-refractivity contribution in [2.75, 3.05) is 19.5 Å². The number of hydrogen-bond donors (Lipinski definition) is 1. The van der Waals surface area contributed by atoms with Crippen molar-refractivity contribution in [3.63, 3.8) is 0 Å². The molecule has 1 fully saturated rings. The second-order valence-electron chi connectivity index (χ2n) is 9.12. The third-order valence-electron chi connectivity index (χ3n) is 7.17. The van der Waals surface area contributed by atoms with Gasteiger partial charge < -0.3 is 0 Å². The highest BCUT2D eigenvalue weighted by atomic mass is 32.1. The molecule has 190 valence electrons. The van der Waals surface area contributed by atoms with E-state index in [-0.39, 0.29) is 17.3 Å². The summed E-state index contributed by atoms with van der Waals surface area (Å²) in [4.78, 5) is 46.6. The number of rotatable bonds is 4. The van der Waals surface area contributed by atoms with Crippen LogP contribution in [-0.4, -0.2) is 39.5 Å². The van der Waals surface area contributed by atoms with Gasteiger partial charge >= 0.3 is 6.03 Å². The number of nitro groups is 1. The smallest absolute Gasteiger partial charge is 0.295 e. The lowest BCUT2D eigenvalue weighted by atomic mass is 9.80. The molecule has 2 amide bonds. The molecule has 3 aromatic carbocycles. The maximum Gasteiger partial charge on any atom is 0.324 e. The Morgan fingerprint density at radius 2 is 1.50 bits per heavy atom. The fourth-order valence-electron chi connectivity index (χ4n) is 5.36. The number of amides is 2. The van der Waals surface area contributed by atoms with Crippen LogP contribution in [0.5, 0.6) is 0 Å². The largest absolute Gasteiger partial charge is 0.324 e. The predicted octanol–water partition coefficient (Wildman–Crippen LogP) is 2.53. The van der Waals surface area contributed by atoms with Crippen LogP contribution in [-0.2, 0) is 11.3 Å². The lowest BCUT2D eigenvalue weighted by Gasteiger charge is -2.49. The number of aromatic nitrogens is 1. The molecule has 1 N–H and O–H groups in total. The number of nitrogens with one attached hydrogen (secondary N) is 1. The van der Waals surface area contributed by atoms with Gasteiger partial charge in [-0.1, -0.05) is 72.0 Å². The number of carbonyl (C=O) groups is 1. The Labute approximate surface area is 220 Å². The van der Waals surface area contributed by atoms with Crippen molar-refractivity contribution in [2.24, 2.45) is 4.99 Å². The number of benzene rings is 3. The summed E-state index contributed by atoms with van der Waals surface area (Å²) >= 11 is 1.18. The zero-order valence-corrected chi connectivity index (χ0v) is 21.3. The van der Waals surface area contributed by atoms with Crippen LogP contribution in [0.1, 0.15) is 16.7 Å². The highest BCUT2D eigenvalue weighted by Crippen LogP contribution is 2.53. The number of nitrogens with zero attached hydrogens (tertiary/aromatic N) is 5. The maximum atomic E-state index is 13.7. The van der Waals surface area contributed by atoms with E-state index in [0.29, 0.717) is 14.9 Å². The standard InChI is InChI=1S/C27H22N6O4S/c1-30-25(35)31(2)27(20-11-7-4-8-12-20)26(30,19-9-5-3-6-10-19)28-24-32(29-27)23(34)22(38-24)17-18-13-15-21(16-14-18)33(36)37/h3-17,29H,1-2H3/b22-17-/t26-,27-/m1/s1. The van der Waals surface area contributed by atoms with Crippen LogP contribution in [0.15, 0.2) is 94.7 Å². The molecule has 2 atom stereocenters. The van der Waals surface area contributed by atoms with Crippen molar-refractivity contribution in [1.82, 2.24) is 14.5 Å². The summed E-state index contributed by atoms with van der Waals surface area (Å²) in [6.45, 7) is 0. The molecule has 0 spiro atoms. The Kier molecular flexibility index (Phi) is 5.21. The molecule has 4 aromatic rings. The number of fused-ring (bicyclic) bond motifs is 2. The lowest BCUT2D eigenvalue weighted by molar-refractivity contribution is -0.384. The fraction of sp³-hybridized carbons (Fsp3) is 0.148. The summed E-state index contributed by atoms with van der Waals surface area (Å²) in [5.41, 5.74) is 2.76. The van der Waals surface area contributed by atoms with E-state index in [0.717, 1.165) is 11.1 Å². The summed E-state index contributed by atoms with van der Waals surface area (Å²) in [5, 5.41) is 11.0. The van der Waals surface area contributed by atoms with Crippen LogP contribution in [0.25, 0.3) is 6.08 Å². The van der Waals surface area contributed by atoms with Gasteiger partial charge in [0.25, 0.3) is 11.2 Å². The number of non-ortho nitro benzene ring substituents is 1. The van der Waals surface area contributed by atoms with Gasteiger partial charge in [-0.2, -0.15) is 4.68 Å². The summed E-state index contributed by atoms with van der Waals surface area (Å²) in [6, 6.07) is 24.8. The number of carbonyl (C=O) groups excluding carboxylic acids is 1. The van der Waals surface area contributed by atoms with Gasteiger partial charge in [-0.15, -0.1) is 0 Å². The molecule has 0 saturated carbocycles. The minimum Gasteiger partial charge on any atom is -0.295 e. The van der Waals surface area contributed by atoms with Crippen molar-refractivity contribution in [3.05, 3.63) is 131 Å². The van der Waals surface area contributed by atoms with Crippen molar-refractivity contribution in [2.45, 2.75) is 11.3 Å². The lowest BCUT2D eigenvalue weighted by Crippen LogP contribution is -2.67. The van der Waals surface area contributed by atoms with E-state index in [1.807, 2.05) is 60.7 Å². The number of thiazole rings is 1. The average Bonchev–Trinajstić information content (AvgIpc) is 3.33. The second-order valence-corrected chi connectivity index (χ2v) is 10.1. The maximum absolute atomic E-state index is 13.7. The SMILES string of the molecule is CN1C(=O)N(C)[C@@]2(c3ccccc3)Nn3c(s/c(=C\c4ccc([N+](=O)[O-])cc4)c3=O)=N[C@]12c1ccccc1. The summed E-state index contributed by atoms with van der Waals surface area (Å²) < 4.78 is 1.78.